The van der Waals surface area contributed by atoms with E-state index in [-0.39, 0.29) is 11.7 Å². The van der Waals surface area contributed by atoms with Crippen LogP contribution in [0.4, 0.5) is 5.69 Å². The van der Waals surface area contributed by atoms with Crippen molar-refractivity contribution in [2.24, 2.45) is 0 Å². The lowest BCUT2D eigenvalue weighted by Gasteiger charge is -2.08. The molecule has 0 bridgehead atoms. The van der Waals surface area contributed by atoms with E-state index in [0.717, 1.165) is 16.8 Å². The third kappa shape index (κ3) is 4.23. The zero-order valence-electron chi connectivity index (χ0n) is 14.7. The molecule has 1 aromatic heterocycles. The van der Waals surface area contributed by atoms with Crippen LogP contribution in [0, 0.1) is 20.8 Å². The number of aryl methyl sites for hydroxylation is 3. The number of nitrogens with zero attached hydrogens (tertiary/aromatic N) is 4. The number of halogens is 1. The molecule has 0 fully saturated rings. The summed E-state index contributed by atoms with van der Waals surface area (Å²) in [4.78, 5) is 12.2. The zero-order chi connectivity index (χ0) is 18.7. The second-order valence-corrected chi connectivity index (χ2v) is 7.31. The second-order valence-electron chi connectivity index (χ2n) is 5.96. The average Bonchev–Trinajstić information content (AvgIpc) is 3.06. The summed E-state index contributed by atoms with van der Waals surface area (Å²) < 4.78 is 1.63. The molecule has 3 aromatic rings. The quantitative estimate of drug-likeness (QED) is 0.670. The third-order valence-corrected chi connectivity index (χ3v) is 5.14. The standard InChI is InChI=1S/C18H18ClN5OS/c1-11-4-7-16(15(19)8-11)20-17(25)10-26-18-21-22-23-24(18)14-6-5-12(2)13(3)9-14/h4-9H,10H2,1-3H3,(H,20,25). The molecule has 3 rings (SSSR count). The maximum atomic E-state index is 12.2. The van der Waals surface area contributed by atoms with Crippen molar-refractivity contribution in [3.63, 3.8) is 0 Å². The fraction of sp³-hybridized carbons (Fsp3) is 0.222. The average molecular weight is 388 g/mol. The van der Waals surface area contributed by atoms with E-state index in [4.69, 9.17) is 11.6 Å². The van der Waals surface area contributed by atoms with Crippen LogP contribution in [0.15, 0.2) is 41.6 Å². The second kappa shape index (κ2) is 7.88. The summed E-state index contributed by atoms with van der Waals surface area (Å²) in [5, 5.41) is 15.6. The zero-order valence-corrected chi connectivity index (χ0v) is 16.2. The number of hydrogen-bond donors (Lipinski definition) is 1. The summed E-state index contributed by atoms with van der Waals surface area (Å²) >= 11 is 7.41. The summed E-state index contributed by atoms with van der Waals surface area (Å²) in [5.74, 6) is 0.00508. The number of hydrogen-bond acceptors (Lipinski definition) is 5. The number of tetrazole rings is 1. The Hall–Kier alpha value is -2.38. The van der Waals surface area contributed by atoms with E-state index < -0.39 is 0 Å². The molecule has 0 aliphatic carbocycles. The van der Waals surface area contributed by atoms with E-state index in [1.54, 1.807) is 10.7 Å². The SMILES string of the molecule is Cc1ccc(NC(=O)CSc2nnnn2-c2ccc(C)c(C)c2)c(Cl)c1. The van der Waals surface area contributed by atoms with Crippen molar-refractivity contribution in [3.8, 4) is 5.69 Å². The number of benzene rings is 2. The third-order valence-electron chi connectivity index (χ3n) is 3.91. The van der Waals surface area contributed by atoms with Gasteiger partial charge in [-0.15, -0.1) is 5.10 Å². The topological polar surface area (TPSA) is 72.7 Å². The van der Waals surface area contributed by atoms with E-state index in [9.17, 15) is 4.79 Å². The van der Waals surface area contributed by atoms with Crippen molar-refractivity contribution in [2.75, 3.05) is 11.1 Å². The first-order valence-electron chi connectivity index (χ1n) is 7.99. The van der Waals surface area contributed by atoms with Gasteiger partial charge >= 0.3 is 0 Å². The van der Waals surface area contributed by atoms with Gasteiger partial charge in [-0.3, -0.25) is 4.79 Å². The number of carbonyl (C=O) groups is 1. The predicted molar refractivity (Wildman–Crippen MR) is 104 cm³/mol. The molecule has 0 unspecified atom stereocenters. The van der Waals surface area contributed by atoms with Gasteiger partial charge in [-0.05, 0) is 72.2 Å². The molecular weight excluding hydrogens is 370 g/mol. The molecule has 0 aliphatic rings. The number of aromatic nitrogens is 4. The van der Waals surface area contributed by atoms with Crippen LogP contribution in [0.3, 0.4) is 0 Å². The fourth-order valence-corrected chi connectivity index (χ4v) is 3.30. The Balaban J connectivity index is 1.68. The van der Waals surface area contributed by atoms with Crippen LogP contribution in [-0.4, -0.2) is 31.9 Å². The number of amides is 1. The van der Waals surface area contributed by atoms with Gasteiger partial charge in [0.05, 0.1) is 22.2 Å². The lowest BCUT2D eigenvalue weighted by atomic mass is 10.1. The highest BCUT2D eigenvalue weighted by Crippen LogP contribution is 2.24. The van der Waals surface area contributed by atoms with E-state index >= 15 is 0 Å². The van der Waals surface area contributed by atoms with Crippen LogP contribution in [-0.2, 0) is 4.79 Å². The van der Waals surface area contributed by atoms with Crippen LogP contribution in [0.25, 0.3) is 5.69 Å². The molecule has 8 heteroatoms. The van der Waals surface area contributed by atoms with Crippen molar-refractivity contribution in [3.05, 3.63) is 58.1 Å². The molecule has 0 spiro atoms. The number of nitrogens with one attached hydrogen (secondary N) is 1. The molecule has 2 aromatic carbocycles. The minimum absolute atomic E-state index is 0.171. The van der Waals surface area contributed by atoms with Crippen molar-refractivity contribution in [1.29, 1.82) is 0 Å². The first-order valence-corrected chi connectivity index (χ1v) is 9.35. The van der Waals surface area contributed by atoms with Crippen molar-refractivity contribution < 1.29 is 4.79 Å². The first-order chi connectivity index (χ1) is 12.4. The molecule has 1 amide bonds. The number of rotatable bonds is 5. The fourth-order valence-electron chi connectivity index (χ4n) is 2.33. The van der Waals surface area contributed by atoms with Gasteiger partial charge in [0, 0.05) is 0 Å². The van der Waals surface area contributed by atoms with Crippen LogP contribution >= 0.6 is 23.4 Å². The predicted octanol–water partition coefficient (Wildman–Crippen LogP) is 3.97. The molecule has 6 nitrogen and oxygen atoms in total. The van der Waals surface area contributed by atoms with Gasteiger partial charge in [0.15, 0.2) is 0 Å². The minimum atomic E-state index is -0.171. The molecule has 0 aliphatic heterocycles. The van der Waals surface area contributed by atoms with Gasteiger partial charge in [0.2, 0.25) is 11.1 Å². The van der Waals surface area contributed by atoms with Crippen LogP contribution in [0.5, 0.6) is 0 Å². The normalized spacial score (nSPS) is 10.8. The molecule has 26 heavy (non-hydrogen) atoms. The molecule has 134 valence electrons. The summed E-state index contributed by atoms with van der Waals surface area (Å²) in [6.45, 7) is 6.03. The van der Waals surface area contributed by atoms with Crippen molar-refractivity contribution in [1.82, 2.24) is 20.2 Å². The Morgan fingerprint density at radius 1 is 1.15 bits per heavy atom. The van der Waals surface area contributed by atoms with Gasteiger partial charge in [-0.2, -0.15) is 4.68 Å². The van der Waals surface area contributed by atoms with E-state index in [1.165, 1.54) is 17.3 Å². The van der Waals surface area contributed by atoms with E-state index in [1.807, 2.05) is 44.2 Å². The Bertz CT molecular complexity index is 957. The highest BCUT2D eigenvalue weighted by atomic mass is 35.5. The molecular formula is C18H18ClN5OS. The minimum Gasteiger partial charge on any atom is -0.324 e. The molecule has 0 radical (unpaired) electrons. The van der Waals surface area contributed by atoms with Crippen molar-refractivity contribution >= 4 is 35.0 Å². The number of thioether (sulfide) groups is 1. The van der Waals surface area contributed by atoms with Crippen LogP contribution < -0.4 is 5.32 Å². The monoisotopic (exact) mass is 387 g/mol. The van der Waals surface area contributed by atoms with Crippen LogP contribution in [0.1, 0.15) is 16.7 Å². The Kier molecular flexibility index (Phi) is 5.58. The Morgan fingerprint density at radius 2 is 1.96 bits per heavy atom. The van der Waals surface area contributed by atoms with Crippen LogP contribution in [0.2, 0.25) is 5.02 Å². The van der Waals surface area contributed by atoms with E-state index in [2.05, 4.69) is 27.8 Å². The van der Waals surface area contributed by atoms with Gasteiger partial charge in [-0.1, -0.05) is 35.5 Å². The lowest BCUT2D eigenvalue weighted by molar-refractivity contribution is -0.113. The summed E-state index contributed by atoms with van der Waals surface area (Å²) in [5.41, 5.74) is 4.85. The first kappa shape index (κ1) is 18.4. The smallest absolute Gasteiger partial charge is 0.234 e. The van der Waals surface area contributed by atoms with Gasteiger partial charge in [0.1, 0.15) is 0 Å². The molecule has 0 saturated carbocycles. The van der Waals surface area contributed by atoms with Gasteiger partial charge in [-0.25, -0.2) is 0 Å². The van der Waals surface area contributed by atoms with E-state index in [0.29, 0.717) is 15.9 Å². The molecule has 1 N–H and O–H groups in total. The number of anilines is 1. The maximum absolute atomic E-state index is 12.2. The van der Waals surface area contributed by atoms with Crippen molar-refractivity contribution in [2.45, 2.75) is 25.9 Å². The highest BCUT2D eigenvalue weighted by molar-refractivity contribution is 7.99. The maximum Gasteiger partial charge on any atom is 0.234 e. The lowest BCUT2D eigenvalue weighted by Crippen LogP contribution is -2.15. The summed E-state index contributed by atoms with van der Waals surface area (Å²) in [7, 11) is 0. The Morgan fingerprint density at radius 3 is 2.69 bits per heavy atom. The Labute approximate surface area is 160 Å². The largest absolute Gasteiger partial charge is 0.324 e. The highest BCUT2D eigenvalue weighted by Gasteiger charge is 2.13. The number of carbonyl (C=O) groups excluding carboxylic acids is 1. The molecule has 0 atom stereocenters. The van der Waals surface area contributed by atoms with Gasteiger partial charge in [0.25, 0.3) is 0 Å². The summed E-state index contributed by atoms with van der Waals surface area (Å²) in [6.07, 6.45) is 0. The van der Waals surface area contributed by atoms with Gasteiger partial charge < -0.3 is 5.32 Å². The molecule has 1 heterocycles. The molecule has 0 saturated heterocycles. The summed E-state index contributed by atoms with van der Waals surface area (Å²) in [6, 6.07) is 11.5.